The molecule has 0 spiro atoms. The molecule has 0 saturated heterocycles. The molecule has 3 nitrogen and oxygen atoms in total. The zero-order chi connectivity index (χ0) is 12.3. The third kappa shape index (κ3) is 2.93. The Labute approximate surface area is 102 Å². The van der Waals surface area contributed by atoms with Crippen LogP contribution in [0.4, 0.5) is 4.39 Å². The summed E-state index contributed by atoms with van der Waals surface area (Å²) in [7, 11) is 0. The molecule has 0 fully saturated rings. The van der Waals surface area contributed by atoms with E-state index in [0.717, 1.165) is 0 Å². The summed E-state index contributed by atoms with van der Waals surface area (Å²) in [5.41, 5.74) is 0.599. The lowest BCUT2D eigenvalue weighted by atomic mass is 10.3. The van der Waals surface area contributed by atoms with E-state index in [4.69, 9.17) is 21.4 Å². The van der Waals surface area contributed by atoms with Gasteiger partial charge < -0.3 is 9.84 Å². The number of aliphatic hydroxyl groups is 1. The molecule has 0 bridgehead atoms. The number of hydrogen-bond acceptors (Lipinski definition) is 3. The predicted octanol–water partition coefficient (Wildman–Crippen LogP) is 3.16. The van der Waals surface area contributed by atoms with Gasteiger partial charge in [0.25, 0.3) is 0 Å². The van der Waals surface area contributed by atoms with Gasteiger partial charge in [0.05, 0.1) is 6.61 Å². The summed E-state index contributed by atoms with van der Waals surface area (Å²) in [6.07, 6.45) is 1.46. The summed E-state index contributed by atoms with van der Waals surface area (Å²) in [6, 6.07) is 7.09. The molecule has 1 heterocycles. The molecule has 0 radical (unpaired) electrons. The molecule has 0 aliphatic rings. The van der Waals surface area contributed by atoms with Crippen LogP contribution in [0.25, 0.3) is 0 Å². The summed E-state index contributed by atoms with van der Waals surface area (Å²) >= 11 is 5.92. The molecule has 17 heavy (non-hydrogen) atoms. The number of ether oxygens (including phenoxy) is 1. The smallest absolute Gasteiger partial charge is 0.238 e. The van der Waals surface area contributed by atoms with Gasteiger partial charge in [-0.1, -0.05) is 11.6 Å². The first-order valence-corrected chi connectivity index (χ1v) is 5.25. The van der Waals surface area contributed by atoms with Gasteiger partial charge in [0.1, 0.15) is 16.6 Å². The van der Waals surface area contributed by atoms with Crippen LogP contribution in [0.1, 0.15) is 5.56 Å². The summed E-state index contributed by atoms with van der Waals surface area (Å²) in [4.78, 5) is 3.96. The molecule has 1 aromatic heterocycles. The van der Waals surface area contributed by atoms with Crippen LogP contribution in [0.15, 0.2) is 36.5 Å². The molecule has 88 valence electrons. The number of hydrogen-bond donors (Lipinski definition) is 1. The zero-order valence-electron chi connectivity index (χ0n) is 8.73. The largest absolute Gasteiger partial charge is 0.438 e. The number of aliphatic hydroxyl groups excluding tert-OH is 1. The van der Waals surface area contributed by atoms with E-state index in [1.54, 1.807) is 6.07 Å². The normalized spacial score (nSPS) is 10.3. The van der Waals surface area contributed by atoms with Crippen LogP contribution in [-0.4, -0.2) is 10.1 Å². The average molecular weight is 254 g/mol. The molecular weight excluding hydrogens is 245 g/mol. The van der Waals surface area contributed by atoms with Crippen LogP contribution < -0.4 is 4.74 Å². The van der Waals surface area contributed by atoms with Crippen LogP contribution in [0, 0.1) is 5.82 Å². The van der Waals surface area contributed by atoms with Crippen LogP contribution in [0.5, 0.6) is 11.6 Å². The van der Waals surface area contributed by atoms with Gasteiger partial charge in [-0.05, 0) is 35.9 Å². The van der Waals surface area contributed by atoms with Crippen LogP contribution in [-0.2, 0) is 6.61 Å². The molecule has 0 aliphatic carbocycles. The average Bonchev–Trinajstić information content (AvgIpc) is 2.34. The molecule has 1 aromatic carbocycles. The SMILES string of the molecule is OCc1cnc(Oc2ccc(F)cc2)c(Cl)c1. The van der Waals surface area contributed by atoms with Crippen molar-refractivity contribution in [2.75, 3.05) is 0 Å². The van der Waals surface area contributed by atoms with Crippen molar-refractivity contribution >= 4 is 11.6 Å². The maximum absolute atomic E-state index is 12.7. The van der Waals surface area contributed by atoms with E-state index in [9.17, 15) is 4.39 Å². The highest BCUT2D eigenvalue weighted by atomic mass is 35.5. The number of halogens is 2. The first-order valence-electron chi connectivity index (χ1n) is 4.88. The van der Waals surface area contributed by atoms with Gasteiger partial charge in [-0.15, -0.1) is 0 Å². The van der Waals surface area contributed by atoms with Gasteiger partial charge in [-0.3, -0.25) is 0 Å². The lowest BCUT2D eigenvalue weighted by Gasteiger charge is -2.07. The molecule has 0 saturated carbocycles. The van der Waals surface area contributed by atoms with E-state index >= 15 is 0 Å². The first-order chi connectivity index (χ1) is 8.19. The topological polar surface area (TPSA) is 42.4 Å². The minimum absolute atomic E-state index is 0.135. The van der Waals surface area contributed by atoms with E-state index in [1.165, 1.54) is 30.5 Å². The van der Waals surface area contributed by atoms with E-state index in [1.807, 2.05) is 0 Å². The third-order valence-electron chi connectivity index (χ3n) is 2.07. The Morgan fingerprint density at radius 2 is 2.00 bits per heavy atom. The molecule has 2 rings (SSSR count). The van der Waals surface area contributed by atoms with E-state index in [0.29, 0.717) is 16.3 Å². The van der Waals surface area contributed by atoms with Gasteiger partial charge >= 0.3 is 0 Å². The van der Waals surface area contributed by atoms with E-state index < -0.39 is 0 Å². The summed E-state index contributed by atoms with van der Waals surface area (Å²) in [5, 5.41) is 9.18. The van der Waals surface area contributed by atoms with Gasteiger partial charge in [0.2, 0.25) is 5.88 Å². The van der Waals surface area contributed by atoms with Crippen molar-refractivity contribution in [3.8, 4) is 11.6 Å². The van der Waals surface area contributed by atoms with Gasteiger partial charge in [-0.25, -0.2) is 9.37 Å². The highest BCUT2D eigenvalue weighted by molar-refractivity contribution is 6.31. The Kier molecular flexibility index (Phi) is 3.56. The van der Waals surface area contributed by atoms with Crippen molar-refractivity contribution in [3.63, 3.8) is 0 Å². The minimum atomic E-state index is -0.341. The van der Waals surface area contributed by atoms with Crippen molar-refractivity contribution in [1.29, 1.82) is 0 Å². The Bertz CT molecular complexity index is 516. The minimum Gasteiger partial charge on any atom is -0.438 e. The second-order valence-electron chi connectivity index (χ2n) is 3.34. The number of aromatic nitrogens is 1. The molecule has 0 amide bonds. The second-order valence-corrected chi connectivity index (χ2v) is 3.75. The number of benzene rings is 1. The van der Waals surface area contributed by atoms with Crippen molar-refractivity contribution in [2.24, 2.45) is 0 Å². The van der Waals surface area contributed by atoms with Gasteiger partial charge in [0.15, 0.2) is 0 Å². The highest BCUT2D eigenvalue weighted by Gasteiger charge is 2.06. The van der Waals surface area contributed by atoms with Crippen LogP contribution in [0.2, 0.25) is 5.02 Å². The van der Waals surface area contributed by atoms with E-state index in [-0.39, 0.29) is 18.3 Å². The van der Waals surface area contributed by atoms with E-state index in [2.05, 4.69) is 4.98 Å². The number of pyridine rings is 1. The van der Waals surface area contributed by atoms with Gasteiger partial charge in [-0.2, -0.15) is 0 Å². The monoisotopic (exact) mass is 253 g/mol. The van der Waals surface area contributed by atoms with Crippen LogP contribution in [0.3, 0.4) is 0 Å². The lowest BCUT2D eigenvalue weighted by Crippen LogP contribution is -1.92. The fourth-order valence-corrected chi connectivity index (χ4v) is 1.47. The maximum atomic E-state index is 12.7. The Hall–Kier alpha value is -1.65. The maximum Gasteiger partial charge on any atom is 0.238 e. The Morgan fingerprint density at radius 1 is 1.29 bits per heavy atom. The number of rotatable bonds is 3. The summed E-state index contributed by atoms with van der Waals surface area (Å²) in [6.45, 7) is -0.135. The number of nitrogens with zero attached hydrogens (tertiary/aromatic N) is 1. The van der Waals surface area contributed by atoms with Crippen molar-refractivity contribution in [3.05, 3.63) is 52.9 Å². The zero-order valence-corrected chi connectivity index (χ0v) is 9.49. The summed E-state index contributed by atoms with van der Waals surface area (Å²) < 4.78 is 18.1. The Morgan fingerprint density at radius 3 is 2.59 bits per heavy atom. The fraction of sp³-hybridized carbons (Fsp3) is 0.0833. The second kappa shape index (κ2) is 5.12. The molecule has 0 aliphatic heterocycles. The molecule has 0 unspecified atom stereocenters. The highest BCUT2D eigenvalue weighted by Crippen LogP contribution is 2.27. The molecule has 1 N–H and O–H groups in total. The van der Waals surface area contributed by atoms with Crippen molar-refractivity contribution in [2.45, 2.75) is 6.61 Å². The molecular formula is C12H9ClFNO2. The standard InChI is InChI=1S/C12H9ClFNO2/c13-11-5-8(7-16)6-15-12(11)17-10-3-1-9(14)2-4-10/h1-6,16H,7H2. The quantitative estimate of drug-likeness (QED) is 0.914. The predicted molar refractivity (Wildman–Crippen MR) is 61.6 cm³/mol. The first kappa shape index (κ1) is 11.8. The van der Waals surface area contributed by atoms with Gasteiger partial charge in [0, 0.05) is 6.20 Å². The third-order valence-corrected chi connectivity index (χ3v) is 2.35. The molecule has 2 aromatic rings. The molecule has 0 atom stereocenters. The summed E-state index contributed by atoms with van der Waals surface area (Å²) in [5.74, 6) is 0.319. The van der Waals surface area contributed by atoms with Crippen molar-refractivity contribution in [1.82, 2.24) is 4.98 Å². The lowest BCUT2D eigenvalue weighted by molar-refractivity contribution is 0.281. The van der Waals surface area contributed by atoms with Crippen molar-refractivity contribution < 1.29 is 14.2 Å². The molecule has 5 heteroatoms. The van der Waals surface area contributed by atoms with Crippen LogP contribution >= 0.6 is 11.6 Å². The Balaban J connectivity index is 2.21. The fourth-order valence-electron chi connectivity index (χ4n) is 1.24.